The maximum absolute atomic E-state index is 12.0. The minimum atomic E-state index is -0.969. The highest BCUT2D eigenvalue weighted by Crippen LogP contribution is 2.28. The minimum absolute atomic E-state index is 0.0329. The number of esters is 3. The third-order valence-corrected chi connectivity index (χ3v) is 13.4. The minimum Gasteiger partial charge on any atom is -0.507 e. The Kier molecular flexibility index (Phi) is 31.2. The zero-order chi connectivity index (χ0) is 61.5. The van der Waals surface area contributed by atoms with E-state index in [-0.39, 0.29) is 34.1 Å². The summed E-state index contributed by atoms with van der Waals surface area (Å²) in [5, 5.41) is 18.4. The van der Waals surface area contributed by atoms with Gasteiger partial charge in [-0.2, -0.15) is 0 Å². The van der Waals surface area contributed by atoms with Gasteiger partial charge in [-0.25, -0.2) is 19.2 Å². The van der Waals surface area contributed by atoms with E-state index in [1.807, 2.05) is 26.8 Å². The van der Waals surface area contributed by atoms with Gasteiger partial charge in [0.15, 0.2) is 0 Å². The highest BCUT2D eigenvalue weighted by Gasteiger charge is 2.18. The van der Waals surface area contributed by atoms with E-state index in [9.17, 15) is 29.4 Å². The molecule has 18 nitrogen and oxygen atoms in total. The molecular formula is C64H83Br2N3O15. The standard InChI is InChI=1S/C21H29NO4.C19H25NO4.C15H20BrNO4.C9H9BrO3/c1-5-25-20(23)18-7-6-17(8-9-21(2,3)4)19(16-18)26-15-12-22-10-13-24-14-11-22;1-19(2,3)7-6-15-4-5-16(18(21)22)14-17(15)24-13-10-20-8-11-23-12-9-20;1-2-20-15(18)12-3-4-13(16)14(11-12)21-10-7-17-5-8-19-9-6-17;1-2-13-9(12)6-3-4-7(10)8(11)5-6/h6-7,16H,5,10-15H2,1-4H3;4-5,14H,8-13H2,1-3H3,(H,21,22);3-4,11H,2,5-10H2,1H3;3-5,11H,2H2,1H3. The van der Waals surface area contributed by atoms with Gasteiger partial charge in [0.1, 0.15) is 42.8 Å². The van der Waals surface area contributed by atoms with Crippen molar-refractivity contribution in [2.45, 2.75) is 62.3 Å². The van der Waals surface area contributed by atoms with E-state index in [4.69, 9.17) is 42.6 Å². The number of ether oxygens (including phenoxy) is 9. The van der Waals surface area contributed by atoms with E-state index < -0.39 is 11.9 Å². The largest absolute Gasteiger partial charge is 0.507 e. The van der Waals surface area contributed by atoms with Crippen LogP contribution in [0.4, 0.5) is 0 Å². The van der Waals surface area contributed by atoms with Gasteiger partial charge in [0.25, 0.3) is 0 Å². The SMILES string of the molecule is CC(C)(C)C#Cc1ccc(C(=O)O)cc1OCCN1CCOCC1.CCOC(=O)c1ccc(Br)c(O)c1.CCOC(=O)c1ccc(Br)c(OCCN2CCOCC2)c1.CCOC(=O)c1ccc(C#CC(C)(C)C)c(OCCN2CCOCC2)c1. The maximum Gasteiger partial charge on any atom is 0.338 e. The molecule has 0 aromatic heterocycles. The Morgan fingerprint density at radius 2 is 0.810 bits per heavy atom. The van der Waals surface area contributed by atoms with Crippen LogP contribution in [-0.2, 0) is 28.4 Å². The first-order chi connectivity index (χ1) is 40.1. The fraction of sp³-hybridized carbons (Fsp3) is 0.500. The second kappa shape index (κ2) is 37.3. The zero-order valence-electron chi connectivity index (χ0n) is 50.1. The summed E-state index contributed by atoms with van der Waals surface area (Å²) in [4.78, 5) is 52.9. The van der Waals surface area contributed by atoms with Crippen LogP contribution < -0.4 is 14.2 Å². The van der Waals surface area contributed by atoms with Gasteiger partial charge in [-0.15, -0.1) is 0 Å². The number of nitrogens with zero attached hydrogens (tertiary/aromatic N) is 3. The summed E-state index contributed by atoms with van der Waals surface area (Å²) in [6.45, 7) is 32.8. The highest BCUT2D eigenvalue weighted by atomic mass is 79.9. The first-order valence-corrected chi connectivity index (χ1v) is 29.8. The van der Waals surface area contributed by atoms with Gasteiger partial charge in [0.05, 0.1) is 102 Å². The summed E-state index contributed by atoms with van der Waals surface area (Å²) >= 11 is 6.55. The van der Waals surface area contributed by atoms with Gasteiger partial charge in [-0.05, 0) is 167 Å². The number of carbonyl (C=O) groups is 4. The van der Waals surface area contributed by atoms with Crippen molar-refractivity contribution in [2.24, 2.45) is 10.8 Å². The summed E-state index contributed by atoms with van der Waals surface area (Å²) in [6.07, 6.45) is 0. The number of hydrogen-bond acceptors (Lipinski definition) is 17. The molecule has 3 fully saturated rings. The number of phenols is 1. The van der Waals surface area contributed by atoms with Crippen LogP contribution in [0.3, 0.4) is 0 Å². The number of aromatic hydroxyl groups is 1. The molecule has 0 atom stereocenters. The predicted molar refractivity (Wildman–Crippen MR) is 329 cm³/mol. The number of carboxylic acid groups (broad SMARTS) is 1. The number of carbonyl (C=O) groups excluding carboxylic acids is 3. The fourth-order valence-electron chi connectivity index (χ4n) is 7.61. The Bertz CT molecular complexity index is 2850. The second-order valence-electron chi connectivity index (χ2n) is 21.1. The molecule has 84 heavy (non-hydrogen) atoms. The van der Waals surface area contributed by atoms with E-state index in [1.54, 1.807) is 81.4 Å². The summed E-state index contributed by atoms with van der Waals surface area (Å²) in [5.41, 5.74) is 2.81. The molecule has 0 unspecified atom stereocenters. The van der Waals surface area contributed by atoms with Crippen molar-refractivity contribution in [1.82, 2.24) is 14.7 Å². The molecule has 3 heterocycles. The van der Waals surface area contributed by atoms with Crippen LogP contribution in [0.1, 0.15) is 115 Å². The number of phenolic OH excluding ortho intramolecular Hbond substituents is 1. The number of aromatic carboxylic acids is 1. The van der Waals surface area contributed by atoms with Crippen LogP contribution in [0.15, 0.2) is 81.7 Å². The highest BCUT2D eigenvalue weighted by molar-refractivity contribution is 9.11. The van der Waals surface area contributed by atoms with E-state index >= 15 is 0 Å². The number of hydrogen-bond donors (Lipinski definition) is 2. The molecule has 20 heteroatoms. The average Bonchev–Trinajstić information content (AvgIpc) is 3.63. The van der Waals surface area contributed by atoms with Crippen molar-refractivity contribution < 1.29 is 72.0 Å². The number of morpholine rings is 3. The summed E-state index contributed by atoms with van der Waals surface area (Å²) in [6, 6.07) is 19.9. The van der Waals surface area contributed by atoms with E-state index in [0.29, 0.717) is 78.1 Å². The van der Waals surface area contributed by atoms with Gasteiger partial charge in [-0.1, -0.05) is 23.7 Å². The number of carboxylic acids is 1. The number of halogens is 2. The Labute approximate surface area is 512 Å². The Hall–Kier alpha value is -6.20. The molecular weight excluding hydrogens is 1210 g/mol. The first kappa shape index (κ1) is 70.3. The summed E-state index contributed by atoms with van der Waals surface area (Å²) in [7, 11) is 0. The Balaban J connectivity index is 0.000000246. The second-order valence-corrected chi connectivity index (χ2v) is 22.8. The maximum atomic E-state index is 12.0. The molecule has 7 rings (SSSR count). The van der Waals surface area contributed by atoms with Crippen molar-refractivity contribution in [3.63, 3.8) is 0 Å². The van der Waals surface area contributed by atoms with Gasteiger partial charge < -0.3 is 52.8 Å². The van der Waals surface area contributed by atoms with Crippen LogP contribution >= 0.6 is 31.9 Å². The topological polar surface area (TPSA) is 202 Å². The third kappa shape index (κ3) is 27.2. The van der Waals surface area contributed by atoms with Crippen molar-refractivity contribution in [2.75, 3.05) is 138 Å². The monoisotopic (exact) mass is 1290 g/mol. The van der Waals surface area contributed by atoms with Crippen LogP contribution in [0, 0.1) is 34.5 Å². The summed E-state index contributed by atoms with van der Waals surface area (Å²) < 4.78 is 49.8. The molecule has 0 saturated carbocycles. The van der Waals surface area contributed by atoms with Crippen LogP contribution in [0.5, 0.6) is 23.0 Å². The zero-order valence-corrected chi connectivity index (χ0v) is 53.2. The predicted octanol–water partition coefficient (Wildman–Crippen LogP) is 10.1. The first-order valence-electron chi connectivity index (χ1n) is 28.3. The van der Waals surface area contributed by atoms with Crippen molar-refractivity contribution in [1.29, 1.82) is 0 Å². The molecule has 0 spiro atoms. The van der Waals surface area contributed by atoms with Crippen molar-refractivity contribution in [3.8, 4) is 46.7 Å². The lowest BCUT2D eigenvalue weighted by atomic mass is 9.97. The molecule has 3 saturated heterocycles. The van der Waals surface area contributed by atoms with Gasteiger partial charge in [0, 0.05) is 69.7 Å². The molecule has 4 aromatic carbocycles. The molecule has 0 aliphatic carbocycles. The smallest absolute Gasteiger partial charge is 0.338 e. The van der Waals surface area contributed by atoms with Gasteiger partial charge >= 0.3 is 23.9 Å². The lowest BCUT2D eigenvalue weighted by Crippen LogP contribution is -2.38. The van der Waals surface area contributed by atoms with Crippen LogP contribution in [-0.4, -0.2) is 187 Å². The van der Waals surface area contributed by atoms with E-state index in [2.05, 4.69) is 91.0 Å². The fourth-order valence-corrected chi connectivity index (χ4v) is 8.22. The summed E-state index contributed by atoms with van der Waals surface area (Å²) in [5.74, 6) is 12.4. The van der Waals surface area contributed by atoms with Gasteiger partial charge in [0.2, 0.25) is 0 Å². The third-order valence-electron chi connectivity index (χ3n) is 12.1. The van der Waals surface area contributed by atoms with Crippen molar-refractivity contribution in [3.05, 3.63) is 115 Å². The van der Waals surface area contributed by atoms with Gasteiger partial charge in [-0.3, -0.25) is 14.7 Å². The lowest BCUT2D eigenvalue weighted by molar-refractivity contribution is 0.0321. The molecule has 2 N–H and O–H groups in total. The molecule has 458 valence electrons. The molecule has 0 radical (unpaired) electrons. The quantitative estimate of drug-likeness (QED) is 0.0510. The molecule has 0 bridgehead atoms. The molecule has 0 amide bonds. The van der Waals surface area contributed by atoms with E-state index in [0.717, 1.165) is 114 Å². The number of benzene rings is 4. The van der Waals surface area contributed by atoms with E-state index in [1.165, 1.54) is 6.07 Å². The van der Waals surface area contributed by atoms with Crippen molar-refractivity contribution >= 4 is 55.7 Å². The van der Waals surface area contributed by atoms with Crippen LogP contribution in [0.25, 0.3) is 0 Å². The molecule has 4 aromatic rings. The number of rotatable bonds is 19. The lowest BCUT2D eigenvalue weighted by Gasteiger charge is -2.26. The molecule has 3 aliphatic heterocycles. The normalized spacial score (nSPS) is 14.5. The Morgan fingerprint density at radius 3 is 1.17 bits per heavy atom. The Morgan fingerprint density at radius 1 is 0.488 bits per heavy atom. The molecule has 3 aliphatic rings. The van der Waals surface area contributed by atoms with Crippen LogP contribution in [0.2, 0.25) is 0 Å². The average molecular weight is 1290 g/mol.